The molecule has 12 nitrogen and oxygen atoms in total. The number of aromatic hydroxyl groups is 3. The van der Waals surface area contributed by atoms with Crippen molar-refractivity contribution >= 4 is 98.1 Å². The molecule has 1 aliphatic carbocycles. The van der Waals surface area contributed by atoms with Gasteiger partial charge in [-0.25, -0.2) is 0 Å². The van der Waals surface area contributed by atoms with E-state index in [1.807, 2.05) is 0 Å². The van der Waals surface area contributed by atoms with Gasteiger partial charge in [0.05, 0.1) is 7.16 Å². The molecule has 3 aromatic rings. The molecule has 2 atom stereocenters. The molecule has 46 heavy (non-hydrogen) atoms. The Morgan fingerprint density at radius 2 is 1.02 bits per heavy atom. The Kier molecular flexibility index (Phi) is 10.6. The van der Waals surface area contributed by atoms with Crippen LogP contribution >= 0.6 is 67.8 Å². The second kappa shape index (κ2) is 13.2. The van der Waals surface area contributed by atoms with Crippen molar-refractivity contribution in [3.63, 3.8) is 0 Å². The number of phenols is 3. The monoisotopic (exact) mass is 1030 g/mol. The summed E-state index contributed by atoms with van der Waals surface area (Å²) in [5, 5.41) is 31.5. The zero-order valence-corrected chi connectivity index (χ0v) is 33.1. The van der Waals surface area contributed by atoms with Crippen LogP contribution in [-0.2, 0) is 42.9 Å². The molecule has 0 amide bonds. The first-order valence-corrected chi connectivity index (χ1v) is 20.3. The first-order valence-electron chi connectivity index (χ1n) is 12.8. The molecule has 0 aromatic heterocycles. The maximum atomic E-state index is 13.6. The Bertz CT molecular complexity index is 2140. The number of benzene rings is 3. The standard InChI is InChI=1S/C28H25I3O12S3/c1-14-8-5-11-17(22(14)32)44(35,36)41-25-20(29)26(42-45(37,38)18-12-6-9-15(2)23(18)33)28(4,31)27(21(25)30)43-46(39,40)19-13-7-10-16(3)24(19)34/h5-13,26,32-34H,1-4H3. The van der Waals surface area contributed by atoms with Gasteiger partial charge in [-0.2, -0.15) is 25.3 Å². The molecular weight excluding hydrogens is 1010 g/mol. The Balaban J connectivity index is 1.94. The van der Waals surface area contributed by atoms with Gasteiger partial charge in [0.2, 0.25) is 0 Å². The van der Waals surface area contributed by atoms with Crippen molar-refractivity contribution < 1.29 is 53.1 Å². The minimum Gasteiger partial charge on any atom is -0.506 e. The Hall–Kier alpha value is -1.86. The van der Waals surface area contributed by atoms with E-state index in [1.54, 1.807) is 67.8 Å². The largest absolute Gasteiger partial charge is 0.506 e. The van der Waals surface area contributed by atoms with E-state index in [2.05, 4.69) is 0 Å². The molecule has 18 heteroatoms. The molecule has 0 spiro atoms. The zero-order valence-electron chi connectivity index (χ0n) is 24.1. The molecule has 0 aliphatic heterocycles. The van der Waals surface area contributed by atoms with Crippen molar-refractivity contribution in [1.82, 2.24) is 0 Å². The third-order valence-electron chi connectivity index (χ3n) is 6.80. The molecule has 4 rings (SSSR count). The number of hydrogen-bond acceptors (Lipinski definition) is 12. The summed E-state index contributed by atoms with van der Waals surface area (Å²) in [5.74, 6) is -2.79. The number of hydrogen-bond donors (Lipinski definition) is 3. The van der Waals surface area contributed by atoms with E-state index >= 15 is 0 Å². The van der Waals surface area contributed by atoms with Gasteiger partial charge in [0, 0.05) is 0 Å². The number of rotatable bonds is 9. The number of halogens is 3. The molecule has 0 saturated carbocycles. The van der Waals surface area contributed by atoms with Gasteiger partial charge in [-0.3, -0.25) is 4.18 Å². The number of para-hydroxylation sites is 3. The van der Waals surface area contributed by atoms with Crippen LogP contribution < -0.4 is 0 Å². The van der Waals surface area contributed by atoms with Crippen LogP contribution in [0.15, 0.2) is 88.0 Å². The van der Waals surface area contributed by atoms with E-state index in [4.69, 9.17) is 12.5 Å². The smallest absolute Gasteiger partial charge is 0.343 e. The SMILES string of the molecule is Cc1cccc(S(=O)(=O)OC2=C(I)C(OS(=O)(=O)c3cccc(C)c3O)C(C)(I)C(OS(=O)(=O)c3cccc(C)c3O)=C2I)c1O. The number of alkyl halides is 1. The van der Waals surface area contributed by atoms with Crippen LogP contribution in [0.4, 0.5) is 0 Å². The first kappa shape index (κ1) is 37.0. The molecule has 3 aromatic carbocycles. The molecule has 0 radical (unpaired) electrons. The molecule has 3 N–H and O–H groups in total. The van der Waals surface area contributed by atoms with Gasteiger partial charge in [0.1, 0.15) is 41.5 Å². The van der Waals surface area contributed by atoms with E-state index in [1.165, 1.54) is 64.1 Å². The summed E-state index contributed by atoms with van der Waals surface area (Å²) in [4.78, 5) is -1.80. The number of allylic oxidation sites excluding steroid dienone is 1. The fourth-order valence-electron chi connectivity index (χ4n) is 4.21. The predicted octanol–water partition coefficient (Wildman–Crippen LogP) is 6.11. The predicted molar refractivity (Wildman–Crippen MR) is 192 cm³/mol. The Morgan fingerprint density at radius 3 is 1.43 bits per heavy atom. The van der Waals surface area contributed by atoms with E-state index in [-0.39, 0.29) is 23.9 Å². The highest BCUT2D eigenvalue weighted by molar-refractivity contribution is 14.1. The zero-order chi connectivity index (χ0) is 34.6. The van der Waals surface area contributed by atoms with Crippen LogP contribution in [0.5, 0.6) is 17.2 Å². The molecule has 0 heterocycles. The quantitative estimate of drug-likeness (QED) is 0.127. The maximum Gasteiger partial charge on any atom is 0.343 e. The van der Waals surface area contributed by atoms with Gasteiger partial charge in [0.25, 0.3) is 0 Å². The lowest BCUT2D eigenvalue weighted by molar-refractivity contribution is 0.199. The van der Waals surface area contributed by atoms with Gasteiger partial charge >= 0.3 is 30.4 Å². The summed E-state index contributed by atoms with van der Waals surface area (Å²) in [5.41, 5.74) is 0.675. The Morgan fingerprint density at radius 1 is 0.652 bits per heavy atom. The van der Waals surface area contributed by atoms with Crippen LogP contribution in [-0.4, -0.2) is 50.1 Å². The van der Waals surface area contributed by atoms with E-state index in [0.717, 1.165) is 18.2 Å². The highest BCUT2D eigenvalue weighted by Crippen LogP contribution is 2.52. The molecule has 0 saturated heterocycles. The lowest BCUT2D eigenvalue weighted by atomic mass is 9.97. The summed E-state index contributed by atoms with van der Waals surface area (Å²) >= 11 is 4.94. The van der Waals surface area contributed by atoms with Gasteiger partial charge in [-0.05, 0) is 108 Å². The molecular formula is C28H25I3O12S3. The average molecular weight is 1030 g/mol. The van der Waals surface area contributed by atoms with Crippen molar-refractivity contribution in [2.24, 2.45) is 0 Å². The minimum absolute atomic E-state index is 0.131. The van der Waals surface area contributed by atoms with Crippen molar-refractivity contribution in [2.75, 3.05) is 0 Å². The molecule has 1 aliphatic rings. The highest BCUT2D eigenvalue weighted by Gasteiger charge is 2.52. The van der Waals surface area contributed by atoms with Gasteiger partial charge in [-0.15, -0.1) is 0 Å². The molecule has 2 unspecified atom stereocenters. The van der Waals surface area contributed by atoms with Crippen LogP contribution in [0.25, 0.3) is 0 Å². The van der Waals surface area contributed by atoms with E-state index in [9.17, 15) is 40.6 Å². The summed E-state index contributed by atoms with van der Waals surface area (Å²) in [6.45, 7) is 5.80. The summed E-state index contributed by atoms with van der Waals surface area (Å²) in [6, 6.07) is 11.8. The van der Waals surface area contributed by atoms with Crippen LogP contribution in [0.1, 0.15) is 23.6 Å². The molecule has 0 bridgehead atoms. The maximum absolute atomic E-state index is 13.6. The highest BCUT2D eigenvalue weighted by atomic mass is 127. The molecule has 248 valence electrons. The first-order chi connectivity index (χ1) is 21.1. The molecule has 0 fully saturated rings. The topological polar surface area (TPSA) is 191 Å². The second-order valence-corrected chi connectivity index (χ2v) is 19.2. The third-order valence-corrected chi connectivity index (χ3v) is 13.7. The summed E-state index contributed by atoms with van der Waals surface area (Å²) < 4.78 is 95.8. The summed E-state index contributed by atoms with van der Waals surface area (Å²) in [7, 11) is -14.5. The number of phenolic OH excluding ortho intramolecular Hbond substituents is 3. The van der Waals surface area contributed by atoms with Gasteiger partial charge in [-0.1, -0.05) is 59.0 Å². The third kappa shape index (κ3) is 6.97. The fourth-order valence-corrected chi connectivity index (χ4v) is 13.4. The van der Waals surface area contributed by atoms with E-state index < -0.39 is 83.3 Å². The van der Waals surface area contributed by atoms with Crippen LogP contribution in [0, 0.1) is 20.8 Å². The van der Waals surface area contributed by atoms with Crippen LogP contribution in [0.2, 0.25) is 0 Å². The second-order valence-electron chi connectivity index (χ2n) is 10.2. The summed E-state index contributed by atoms with van der Waals surface area (Å²) in [6.07, 6.45) is -1.69. The van der Waals surface area contributed by atoms with Crippen LogP contribution in [0.3, 0.4) is 0 Å². The van der Waals surface area contributed by atoms with Crippen molar-refractivity contribution in [1.29, 1.82) is 0 Å². The van der Waals surface area contributed by atoms with Crippen molar-refractivity contribution in [2.45, 2.75) is 51.9 Å². The lowest BCUT2D eigenvalue weighted by Crippen LogP contribution is -2.44. The Labute approximate surface area is 307 Å². The van der Waals surface area contributed by atoms with Gasteiger partial charge < -0.3 is 23.7 Å². The fraction of sp³-hybridized carbons (Fsp3) is 0.214. The normalized spacial score (nSPS) is 19.3. The number of aryl methyl sites for hydroxylation is 3. The van der Waals surface area contributed by atoms with Crippen molar-refractivity contribution in [3.05, 3.63) is 90.0 Å². The minimum atomic E-state index is -4.83. The lowest BCUT2D eigenvalue weighted by Gasteiger charge is -2.37. The average Bonchev–Trinajstić information content (AvgIpc) is 2.96. The van der Waals surface area contributed by atoms with Crippen molar-refractivity contribution in [3.8, 4) is 17.2 Å². The van der Waals surface area contributed by atoms with Gasteiger partial charge in [0.15, 0.2) is 11.5 Å². The van der Waals surface area contributed by atoms with E-state index in [0.29, 0.717) is 0 Å².